The van der Waals surface area contributed by atoms with Crippen molar-refractivity contribution in [2.24, 2.45) is 10.2 Å². The normalized spacial score (nSPS) is 19.3. The Morgan fingerprint density at radius 1 is 1.52 bits per heavy atom. The van der Waals surface area contributed by atoms with Gasteiger partial charge in [-0.3, -0.25) is 9.59 Å². The summed E-state index contributed by atoms with van der Waals surface area (Å²) >= 11 is 7.21. The number of nitrogens with one attached hydrogen (secondary N) is 1. The maximum absolute atomic E-state index is 11.6. The second-order valence-electron chi connectivity index (χ2n) is 4.94. The number of carbonyl (C=O) groups is 2. The van der Waals surface area contributed by atoms with E-state index in [1.165, 1.54) is 6.21 Å². The van der Waals surface area contributed by atoms with Crippen molar-refractivity contribution in [1.82, 2.24) is 5.32 Å². The molecule has 7 nitrogen and oxygen atoms in total. The van der Waals surface area contributed by atoms with Gasteiger partial charge in [0.05, 0.1) is 17.7 Å². The molecule has 9 heteroatoms. The third-order valence-electron chi connectivity index (χ3n) is 2.98. The Morgan fingerprint density at radius 2 is 2.26 bits per heavy atom. The molecule has 0 aromatic heterocycles. The standard InChI is InChI=1S/C14H15ClN4O3S/c1-19(2)9-4-3-8(10(15)5-9)7-16-18-14-17-13(22)11(23-14)6-12(20)21/h3-5,7,11H,6H2,1-2H3,(H,20,21)(H,17,18,22). The number of hydrogen-bond acceptors (Lipinski definition) is 6. The number of carboxylic acid groups (broad SMARTS) is 1. The summed E-state index contributed by atoms with van der Waals surface area (Å²) in [6.07, 6.45) is 1.23. The first-order valence-electron chi connectivity index (χ1n) is 6.64. The lowest BCUT2D eigenvalue weighted by Gasteiger charge is -2.12. The molecule has 1 aromatic carbocycles. The van der Waals surface area contributed by atoms with E-state index in [1.54, 1.807) is 0 Å². The molecule has 0 bridgehead atoms. The molecule has 0 spiro atoms. The van der Waals surface area contributed by atoms with Gasteiger partial charge in [0.25, 0.3) is 0 Å². The quantitative estimate of drug-likeness (QED) is 0.621. The van der Waals surface area contributed by atoms with Gasteiger partial charge in [0.1, 0.15) is 5.25 Å². The van der Waals surface area contributed by atoms with Crippen molar-refractivity contribution in [2.75, 3.05) is 19.0 Å². The minimum absolute atomic E-state index is 0.253. The van der Waals surface area contributed by atoms with E-state index < -0.39 is 11.2 Å². The average molecular weight is 355 g/mol. The van der Waals surface area contributed by atoms with Crippen molar-refractivity contribution >= 4 is 52.3 Å². The topological polar surface area (TPSA) is 94.4 Å². The van der Waals surface area contributed by atoms with Gasteiger partial charge in [-0.05, 0) is 18.2 Å². The Hall–Kier alpha value is -2.06. The summed E-state index contributed by atoms with van der Waals surface area (Å²) in [4.78, 5) is 24.1. The van der Waals surface area contributed by atoms with E-state index in [2.05, 4.69) is 15.5 Å². The number of aliphatic carboxylic acids is 1. The van der Waals surface area contributed by atoms with E-state index >= 15 is 0 Å². The molecule has 2 N–H and O–H groups in total. The number of hydrogen-bond donors (Lipinski definition) is 2. The fourth-order valence-electron chi connectivity index (χ4n) is 1.79. The van der Waals surface area contributed by atoms with Gasteiger partial charge in [0.2, 0.25) is 5.91 Å². The van der Waals surface area contributed by atoms with E-state index in [4.69, 9.17) is 16.7 Å². The van der Waals surface area contributed by atoms with Crippen LogP contribution in [0.4, 0.5) is 5.69 Å². The summed E-state index contributed by atoms with van der Waals surface area (Å²) < 4.78 is 0. The molecule has 0 radical (unpaired) electrons. The molecule has 0 aliphatic carbocycles. The van der Waals surface area contributed by atoms with Gasteiger partial charge in [-0.15, -0.1) is 5.10 Å². The lowest BCUT2D eigenvalue weighted by Crippen LogP contribution is -2.26. The lowest BCUT2D eigenvalue weighted by molar-refractivity contribution is -0.138. The van der Waals surface area contributed by atoms with Crippen LogP contribution in [0.1, 0.15) is 12.0 Å². The Kier molecular flexibility index (Phi) is 5.62. The summed E-state index contributed by atoms with van der Waals surface area (Å²) in [7, 11) is 3.83. The Morgan fingerprint density at radius 3 is 2.87 bits per heavy atom. The van der Waals surface area contributed by atoms with Crippen LogP contribution in [0.25, 0.3) is 0 Å². The number of amidine groups is 1. The molecular weight excluding hydrogens is 340 g/mol. The summed E-state index contributed by atoms with van der Waals surface area (Å²) in [6, 6.07) is 5.52. The van der Waals surface area contributed by atoms with Crippen molar-refractivity contribution in [2.45, 2.75) is 11.7 Å². The molecule has 1 aromatic rings. The maximum Gasteiger partial charge on any atom is 0.305 e. The van der Waals surface area contributed by atoms with Crippen LogP contribution < -0.4 is 10.2 Å². The number of benzene rings is 1. The zero-order chi connectivity index (χ0) is 17.0. The molecule has 2 rings (SSSR count). The zero-order valence-corrected chi connectivity index (χ0v) is 14.1. The molecule has 23 heavy (non-hydrogen) atoms. The summed E-state index contributed by atoms with van der Waals surface area (Å²) in [5.74, 6) is -1.41. The highest BCUT2D eigenvalue weighted by atomic mass is 35.5. The Bertz CT molecular complexity index is 691. The molecule has 1 aliphatic rings. The molecule has 1 unspecified atom stereocenters. The van der Waals surface area contributed by atoms with Crippen molar-refractivity contribution < 1.29 is 14.7 Å². The number of amides is 1. The monoisotopic (exact) mass is 354 g/mol. The highest BCUT2D eigenvalue weighted by Gasteiger charge is 2.32. The summed E-state index contributed by atoms with van der Waals surface area (Å²) in [6.45, 7) is 0. The van der Waals surface area contributed by atoms with Crippen LogP contribution in [-0.4, -0.2) is 47.7 Å². The minimum atomic E-state index is -1.03. The Balaban J connectivity index is 2.04. The number of nitrogens with zero attached hydrogens (tertiary/aromatic N) is 3. The molecule has 1 fully saturated rings. The minimum Gasteiger partial charge on any atom is -0.481 e. The SMILES string of the molecule is CN(C)c1ccc(C=NN=C2NC(=O)C(CC(=O)O)S2)c(Cl)c1. The van der Waals surface area contributed by atoms with Gasteiger partial charge in [-0.25, -0.2) is 0 Å². The van der Waals surface area contributed by atoms with Crippen LogP contribution in [0.2, 0.25) is 5.02 Å². The summed E-state index contributed by atoms with van der Waals surface area (Å²) in [5, 5.41) is 19.1. The number of halogens is 1. The van der Waals surface area contributed by atoms with E-state index in [9.17, 15) is 9.59 Å². The van der Waals surface area contributed by atoms with E-state index in [0.29, 0.717) is 10.6 Å². The van der Waals surface area contributed by atoms with Gasteiger partial charge in [-0.2, -0.15) is 5.10 Å². The third-order valence-corrected chi connectivity index (χ3v) is 4.38. The van der Waals surface area contributed by atoms with Crippen LogP contribution in [0.5, 0.6) is 0 Å². The van der Waals surface area contributed by atoms with Crippen LogP contribution in [0, 0.1) is 0 Å². The maximum atomic E-state index is 11.6. The average Bonchev–Trinajstić information content (AvgIpc) is 2.80. The van der Waals surface area contributed by atoms with Crippen LogP contribution >= 0.6 is 23.4 Å². The van der Waals surface area contributed by atoms with E-state index in [0.717, 1.165) is 17.4 Å². The van der Waals surface area contributed by atoms with Gasteiger partial charge in [0, 0.05) is 25.3 Å². The van der Waals surface area contributed by atoms with E-state index in [-0.39, 0.29) is 17.5 Å². The molecule has 1 amide bonds. The molecule has 1 aliphatic heterocycles. The fourth-order valence-corrected chi connectivity index (χ4v) is 2.93. The molecule has 0 saturated carbocycles. The molecule has 1 saturated heterocycles. The molecule has 1 heterocycles. The number of thioether (sulfide) groups is 1. The van der Waals surface area contributed by atoms with Crippen molar-refractivity contribution in [1.29, 1.82) is 0 Å². The smallest absolute Gasteiger partial charge is 0.305 e. The van der Waals surface area contributed by atoms with Crippen LogP contribution in [0.3, 0.4) is 0 Å². The summed E-state index contributed by atoms with van der Waals surface area (Å²) in [5.41, 5.74) is 1.66. The molecule has 1 atom stereocenters. The highest BCUT2D eigenvalue weighted by Crippen LogP contribution is 2.23. The largest absolute Gasteiger partial charge is 0.481 e. The second kappa shape index (κ2) is 7.47. The van der Waals surface area contributed by atoms with Gasteiger partial charge >= 0.3 is 5.97 Å². The van der Waals surface area contributed by atoms with Gasteiger partial charge in [0.15, 0.2) is 5.17 Å². The van der Waals surface area contributed by atoms with Crippen molar-refractivity contribution in [3.05, 3.63) is 28.8 Å². The number of carbonyl (C=O) groups excluding carboxylic acids is 1. The van der Waals surface area contributed by atoms with Crippen molar-refractivity contribution in [3.8, 4) is 0 Å². The predicted molar refractivity (Wildman–Crippen MR) is 92.6 cm³/mol. The molecule has 122 valence electrons. The first-order chi connectivity index (χ1) is 10.9. The fraction of sp³-hybridized carbons (Fsp3) is 0.286. The van der Waals surface area contributed by atoms with Crippen LogP contribution in [0.15, 0.2) is 28.4 Å². The first-order valence-corrected chi connectivity index (χ1v) is 7.90. The zero-order valence-electron chi connectivity index (χ0n) is 12.5. The first kappa shape index (κ1) is 17.3. The highest BCUT2D eigenvalue weighted by molar-refractivity contribution is 8.15. The number of rotatable bonds is 5. The number of carboxylic acids is 1. The second-order valence-corrected chi connectivity index (χ2v) is 6.54. The molecular formula is C14H15ClN4O3S. The van der Waals surface area contributed by atoms with Gasteiger partial charge < -0.3 is 15.3 Å². The predicted octanol–water partition coefficient (Wildman–Crippen LogP) is 1.80. The Labute approximate surface area is 142 Å². The lowest BCUT2D eigenvalue weighted by atomic mass is 10.2. The van der Waals surface area contributed by atoms with Crippen LogP contribution in [-0.2, 0) is 9.59 Å². The van der Waals surface area contributed by atoms with Gasteiger partial charge in [-0.1, -0.05) is 23.4 Å². The van der Waals surface area contributed by atoms with E-state index in [1.807, 2.05) is 37.2 Å². The third kappa shape index (κ3) is 4.70. The number of anilines is 1. The van der Waals surface area contributed by atoms with Crippen molar-refractivity contribution in [3.63, 3.8) is 0 Å².